The zero-order valence-electron chi connectivity index (χ0n) is 32.1. The molecule has 4 rings (SSSR count). The highest BCUT2D eigenvalue weighted by atomic mass is 16.6. The molecular formula is C42H64N2O5. The van der Waals surface area contributed by atoms with Gasteiger partial charge in [0.05, 0.1) is 49.7 Å². The number of aromatic hydroxyl groups is 2. The van der Waals surface area contributed by atoms with Gasteiger partial charge in [0.2, 0.25) is 0 Å². The Hall–Kier alpha value is -2.74. The summed E-state index contributed by atoms with van der Waals surface area (Å²) in [5, 5.41) is 23.7. The first kappa shape index (κ1) is 39.1. The van der Waals surface area contributed by atoms with Gasteiger partial charge in [0.25, 0.3) is 0 Å². The van der Waals surface area contributed by atoms with E-state index in [1.165, 1.54) is 0 Å². The molecule has 0 amide bonds. The van der Waals surface area contributed by atoms with Crippen molar-refractivity contribution in [3.8, 4) is 11.5 Å². The van der Waals surface area contributed by atoms with Crippen molar-refractivity contribution in [2.45, 2.75) is 155 Å². The number of fused-ring (bicyclic) bond motifs is 5. The van der Waals surface area contributed by atoms with Gasteiger partial charge >= 0.3 is 0 Å². The van der Waals surface area contributed by atoms with Crippen molar-refractivity contribution in [3.05, 3.63) is 57.6 Å². The molecule has 0 aromatic heterocycles. The van der Waals surface area contributed by atoms with Crippen LogP contribution in [0.25, 0.3) is 0 Å². The summed E-state index contributed by atoms with van der Waals surface area (Å²) in [5.41, 5.74) is 3.66. The Labute approximate surface area is 296 Å². The van der Waals surface area contributed by atoms with Gasteiger partial charge in [-0.15, -0.1) is 0 Å². The molecule has 2 aromatic carbocycles. The van der Waals surface area contributed by atoms with Crippen molar-refractivity contribution in [1.29, 1.82) is 0 Å². The van der Waals surface area contributed by atoms with Crippen LogP contribution in [0.3, 0.4) is 0 Å². The first-order valence-electron chi connectivity index (χ1n) is 18.8. The van der Waals surface area contributed by atoms with Gasteiger partial charge in [0.15, 0.2) is 0 Å². The number of rotatable bonds is 4. The molecule has 0 radical (unpaired) electrons. The van der Waals surface area contributed by atoms with Gasteiger partial charge < -0.3 is 24.4 Å². The Morgan fingerprint density at radius 1 is 0.612 bits per heavy atom. The smallest absolute Gasteiger partial charge is 0.130 e. The normalized spacial score (nSPS) is 22.2. The Morgan fingerprint density at radius 2 is 0.980 bits per heavy atom. The summed E-state index contributed by atoms with van der Waals surface area (Å²) in [5.74, 6) is 0.451. The lowest BCUT2D eigenvalue weighted by Gasteiger charge is -2.35. The van der Waals surface area contributed by atoms with Crippen molar-refractivity contribution < 1.29 is 24.4 Å². The minimum atomic E-state index is -0.671. The van der Waals surface area contributed by atoms with E-state index in [1.807, 2.05) is 12.4 Å². The van der Waals surface area contributed by atoms with E-state index in [2.05, 4.69) is 93.5 Å². The van der Waals surface area contributed by atoms with Crippen LogP contribution < -0.4 is 0 Å². The van der Waals surface area contributed by atoms with Crippen molar-refractivity contribution in [2.75, 3.05) is 26.4 Å². The van der Waals surface area contributed by atoms with Gasteiger partial charge in [-0.3, -0.25) is 9.98 Å². The fourth-order valence-corrected chi connectivity index (χ4v) is 7.38. The first-order chi connectivity index (χ1) is 23.1. The number of phenols is 2. The Balaban J connectivity index is 1.87. The summed E-state index contributed by atoms with van der Waals surface area (Å²) in [6.07, 6.45) is 10.6. The Bertz CT molecular complexity index is 1350. The van der Waals surface area contributed by atoms with Crippen LogP contribution in [0.1, 0.15) is 154 Å². The molecule has 4 bridgehead atoms. The molecule has 0 saturated heterocycles. The van der Waals surface area contributed by atoms with Crippen molar-refractivity contribution in [2.24, 2.45) is 9.98 Å². The second kappa shape index (κ2) is 16.1. The summed E-state index contributed by atoms with van der Waals surface area (Å²) >= 11 is 0. The molecule has 2 N–H and O–H groups in total. The van der Waals surface area contributed by atoms with Gasteiger partial charge in [-0.05, 0) is 84.7 Å². The molecule has 0 unspecified atom stereocenters. The van der Waals surface area contributed by atoms with E-state index in [9.17, 15) is 10.2 Å². The molecule has 2 atom stereocenters. The molecule has 49 heavy (non-hydrogen) atoms. The second-order valence-electron chi connectivity index (χ2n) is 16.1. The summed E-state index contributed by atoms with van der Waals surface area (Å²) in [7, 11) is 0. The number of ether oxygens (including phenoxy) is 3. The lowest BCUT2D eigenvalue weighted by atomic mass is 9.79. The van der Waals surface area contributed by atoms with Crippen LogP contribution in [0.15, 0.2) is 34.3 Å². The number of nitrogens with zero attached hydrogens (tertiary/aromatic N) is 2. The van der Waals surface area contributed by atoms with E-state index in [-0.39, 0.29) is 34.4 Å². The summed E-state index contributed by atoms with van der Waals surface area (Å²) < 4.78 is 19.4. The van der Waals surface area contributed by atoms with Crippen LogP contribution in [-0.2, 0) is 36.2 Å². The highest BCUT2D eigenvalue weighted by Crippen LogP contribution is 2.44. The predicted molar refractivity (Wildman–Crippen MR) is 202 cm³/mol. The van der Waals surface area contributed by atoms with Crippen molar-refractivity contribution in [3.63, 3.8) is 0 Å². The highest BCUT2D eigenvalue weighted by Gasteiger charge is 2.36. The summed E-state index contributed by atoms with van der Waals surface area (Å²) in [6, 6.07) is 8.33. The summed E-state index contributed by atoms with van der Waals surface area (Å²) in [4.78, 5) is 10.2. The maximum Gasteiger partial charge on any atom is 0.130 e. The predicted octanol–water partition coefficient (Wildman–Crippen LogP) is 9.64. The molecule has 272 valence electrons. The lowest BCUT2D eigenvalue weighted by Crippen LogP contribution is -2.32. The molecule has 1 aliphatic heterocycles. The van der Waals surface area contributed by atoms with Crippen molar-refractivity contribution >= 4 is 12.4 Å². The van der Waals surface area contributed by atoms with Gasteiger partial charge in [0.1, 0.15) is 11.5 Å². The molecule has 1 heterocycles. The minimum Gasteiger partial charge on any atom is -0.507 e. The minimum absolute atomic E-state index is 0.0307. The third kappa shape index (κ3) is 8.77. The van der Waals surface area contributed by atoms with Crippen LogP contribution in [0.2, 0.25) is 0 Å². The average Bonchev–Trinajstić information content (AvgIpc) is 3.06. The van der Waals surface area contributed by atoms with Crippen LogP contribution in [0, 0.1) is 0 Å². The molecule has 2 aromatic rings. The Kier molecular flexibility index (Phi) is 12.8. The topological polar surface area (TPSA) is 92.9 Å². The average molecular weight is 677 g/mol. The van der Waals surface area contributed by atoms with Crippen LogP contribution in [0.4, 0.5) is 0 Å². The van der Waals surface area contributed by atoms with E-state index in [4.69, 9.17) is 24.2 Å². The number of aliphatic imine (C=N–C) groups is 2. The molecule has 2 aliphatic rings. The van der Waals surface area contributed by atoms with Gasteiger partial charge in [-0.25, -0.2) is 0 Å². The SMILES string of the molecule is CCC1(CC)OCCOCCOC(CC)(CC)c2cc(C(C)(C)C)cc(c2O)C=N[C@H]2CCCC[C@@H]2N=Cc2cc(C(C)(C)C)cc1c2O. The highest BCUT2D eigenvalue weighted by molar-refractivity contribution is 5.86. The summed E-state index contributed by atoms with van der Waals surface area (Å²) in [6.45, 7) is 23.2. The van der Waals surface area contributed by atoms with E-state index in [0.29, 0.717) is 63.2 Å². The van der Waals surface area contributed by atoms with Gasteiger partial charge in [-0.2, -0.15) is 0 Å². The number of hydrogen-bond donors (Lipinski definition) is 2. The quantitative estimate of drug-likeness (QED) is 0.337. The van der Waals surface area contributed by atoms with Crippen LogP contribution >= 0.6 is 0 Å². The monoisotopic (exact) mass is 676 g/mol. The van der Waals surface area contributed by atoms with Gasteiger partial charge in [-0.1, -0.05) is 82.1 Å². The number of hydrogen-bond acceptors (Lipinski definition) is 7. The van der Waals surface area contributed by atoms with E-state index >= 15 is 0 Å². The van der Waals surface area contributed by atoms with Crippen molar-refractivity contribution in [1.82, 2.24) is 0 Å². The molecule has 7 nitrogen and oxygen atoms in total. The molecule has 1 fully saturated rings. The second-order valence-corrected chi connectivity index (χ2v) is 16.1. The fraction of sp³-hybridized carbons (Fsp3) is 0.667. The first-order valence-corrected chi connectivity index (χ1v) is 18.8. The molecule has 1 saturated carbocycles. The Morgan fingerprint density at radius 3 is 1.31 bits per heavy atom. The third-order valence-corrected chi connectivity index (χ3v) is 11.0. The lowest BCUT2D eigenvalue weighted by molar-refractivity contribution is -0.1000. The van der Waals surface area contributed by atoms with E-state index in [0.717, 1.165) is 47.9 Å². The molecule has 1 aliphatic carbocycles. The fourth-order valence-electron chi connectivity index (χ4n) is 7.38. The maximum atomic E-state index is 11.8. The zero-order chi connectivity index (χ0) is 36.0. The molecule has 0 spiro atoms. The van der Waals surface area contributed by atoms with Crippen LogP contribution in [-0.4, -0.2) is 61.2 Å². The van der Waals surface area contributed by atoms with E-state index in [1.54, 1.807) is 0 Å². The van der Waals surface area contributed by atoms with Gasteiger partial charge in [0, 0.05) is 34.7 Å². The third-order valence-electron chi connectivity index (χ3n) is 11.0. The molecule has 7 heteroatoms. The van der Waals surface area contributed by atoms with Crippen LogP contribution in [0.5, 0.6) is 11.5 Å². The molecular weight excluding hydrogens is 612 g/mol. The van der Waals surface area contributed by atoms with E-state index < -0.39 is 11.2 Å². The largest absolute Gasteiger partial charge is 0.507 e. The maximum absolute atomic E-state index is 11.8. The number of phenolic OH excluding ortho intramolecular Hbond substituents is 2. The number of benzene rings is 2. The zero-order valence-corrected chi connectivity index (χ0v) is 32.1. The standard InChI is InChI=1S/C42H64N2O5/c1-11-41(12-2)33-25-31(39(5,6)7)23-29(37(33)45)27-43-35-17-15-16-18-36(35)44-28-30-24-32(40(8,9)10)26-34(38(30)46)42(13-3,14-4)49-22-20-47-19-21-48-41/h23-28,35-36,45-46H,11-22H2,1-10H3/t35-,36-/m0/s1.